The summed E-state index contributed by atoms with van der Waals surface area (Å²) >= 11 is 0. The van der Waals surface area contributed by atoms with Crippen molar-refractivity contribution in [1.82, 2.24) is 4.98 Å². The molecule has 21 heavy (non-hydrogen) atoms. The zero-order valence-corrected chi connectivity index (χ0v) is 11.6. The number of morpholine rings is 1. The predicted molar refractivity (Wildman–Crippen MR) is 74.4 cm³/mol. The first kappa shape index (κ1) is 13.8. The van der Waals surface area contributed by atoms with Crippen LogP contribution in [-0.4, -0.2) is 55.6 Å². The minimum atomic E-state index is -0.527. The van der Waals surface area contributed by atoms with Gasteiger partial charge in [0, 0.05) is 19.2 Å². The van der Waals surface area contributed by atoms with Crippen LogP contribution >= 0.6 is 0 Å². The summed E-state index contributed by atoms with van der Waals surface area (Å²) in [4.78, 5) is 18.0. The van der Waals surface area contributed by atoms with E-state index in [2.05, 4.69) is 9.72 Å². The molecule has 3 rings (SSSR count). The second-order valence-corrected chi connectivity index (χ2v) is 4.78. The van der Waals surface area contributed by atoms with E-state index in [4.69, 9.17) is 9.15 Å². The van der Waals surface area contributed by atoms with E-state index >= 15 is 0 Å². The largest absolute Gasteiger partial charge is 0.463 e. The molecule has 3 heterocycles. The molecule has 7 heteroatoms. The highest BCUT2D eigenvalue weighted by Gasteiger charge is 2.21. The molecule has 1 aliphatic heterocycles. The molecule has 7 nitrogen and oxygen atoms in total. The third-order valence-corrected chi connectivity index (χ3v) is 3.41. The molecule has 0 aliphatic carbocycles. The summed E-state index contributed by atoms with van der Waals surface area (Å²) in [6.07, 6.45) is -0.203. The lowest BCUT2D eigenvalue weighted by atomic mass is 10.2. The normalized spacial score (nSPS) is 19.0. The SMILES string of the molecule is COC(=O)c1cc2nc(N3CCOC(CO)C3)ccc2o1. The molecule has 0 aromatic carbocycles. The van der Waals surface area contributed by atoms with Crippen LogP contribution in [0.25, 0.3) is 11.1 Å². The molecular formula is C14H16N2O5. The third kappa shape index (κ3) is 2.70. The van der Waals surface area contributed by atoms with Gasteiger partial charge in [-0.25, -0.2) is 9.78 Å². The molecule has 0 spiro atoms. The minimum absolute atomic E-state index is 0.0169. The number of aliphatic hydroxyl groups excluding tert-OH is 1. The van der Waals surface area contributed by atoms with Crippen LogP contribution in [0.1, 0.15) is 10.6 Å². The Labute approximate surface area is 121 Å². The van der Waals surface area contributed by atoms with Crippen molar-refractivity contribution in [2.45, 2.75) is 6.10 Å². The highest BCUT2D eigenvalue weighted by molar-refractivity contribution is 5.91. The van der Waals surface area contributed by atoms with Crippen LogP contribution in [-0.2, 0) is 9.47 Å². The number of rotatable bonds is 3. The lowest BCUT2D eigenvalue weighted by Crippen LogP contribution is -2.44. The molecule has 1 N–H and O–H groups in total. The molecule has 0 amide bonds. The zero-order chi connectivity index (χ0) is 14.8. The van der Waals surface area contributed by atoms with E-state index in [-0.39, 0.29) is 18.5 Å². The van der Waals surface area contributed by atoms with Gasteiger partial charge in [0.25, 0.3) is 0 Å². The Hall–Kier alpha value is -2.12. The first-order valence-corrected chi connectivity index (χ1v) is 6.67. The van der Waals surface area contributed by atoms with Gasteiger partial charge in [-0.05, 0) is 12.1 Å². The molecule has 2 aromatic heterocycles. The van der Waals surface area contributed by atoms with Crippen molar-refractivity contribution < 1.29 is 23.8 Å². The fourth-order valence-electron chi connectivity index (χ4n) is 2.33. The standard InChI is InChI=1S/C14H16N2O5/c1-19-14(18)12-6-10-11(21-12)2-3-13(15-10)16-4-5-20-9(7-16)8-17/h2-3,6,9,17H,4-5,7-8H2,1H3. The molecule has 1 unspecified atom stereocenters. The van der Waals surface area contributed by atoms with E-state index in [0.717, 1.165) is 5.82 Å². The fourth-order valence-corrected chi connectivity index (χ4v) is 2.33. The number of carbonyl (C=O) groups is 1. The van der Waals surface area contributed by atoms with E-state index in [0.29, 0.717) is 30.8 Å². The van der Waals surface area contributed by atoms with E-state index in [1.165, 1.54) is 7.11 Å². The van der Waals surface area contributed by atoms with Crippen LogP contribution in [0, 0.1) is 0 Å². The first-order valence-electron chi connectivity index (χ1n) is 6.67. The van der Waals surface area contributed by atoms with Crippen LogP contribution in [0.5, 0.6) is 0 Å². The highest BCUT2D eigenvalue weighted by atomic mass is 16.5. The van der Waals surface area contributed by atoms with Crippen molar-refractivity contribution in [3.8, 4) is 0 Å². The fraction of sp³-hybridized carbons (Fsp3) is 0.429. The molecule has 1 atom stereocenters. The van der Waals surface area contributed by atoms with Gasteiger partial charge < -0.3 is 23.9 Å². The van der Waals surface area contributed by atoms with Crippen molar-refractivity contribution in [3.05, 3.63) is 24.0 Å². The molecule has 0 bridgehead atoms. The Morgan fingerprint density at radius 3 is 3.19 bits per heavy atom. The number of methoxy groups -OCH3 is 1. The Kier molecular flexibility index (Phi) is 3.76. The Balaban J connectivity index is 1.88. The van der Waals surface area contributed by atoms with E-state index in [9.17, 15) is 9.90 Å². The van der Waals surface area contributed by atoms with Gasteiger partial charge >= 0.3 is 5.97 Å². The van der Waals surface area contributed by atoms with Crippen molar-refractivity contribution in [2.75, 3.05) is 38.3 Å². The summed E-state index contributed by atoms with van der Waals surface area (Å²) < 4.78 is 15.4. The molecule has 0 radical (unpaired) electrons. The van der Waals surface area contributed by atoms with Gasteiger partial charge in [-0.1, -0.05) is 0 Å². The van der Waals surface area contributed by atoms with Crippen LogP contribution in [0.15, 0.2) is 22.6 Å². The Morgan fingerprint density at radius 1 is 1.57 bits per heavy atom. The van der Waals surface area contributed by atoms with Gasteiger partial charge in [-0.2, -0.15) is 0 Å². The van der Waals surface area contributed by atoms with E-state index in [1.54, 1.807) is 12.1 Å². The number of fused-ring (bicyclic) bond motifs is 1. The molecule has 1 fully saturated rings. The van der Waals surface area contributed by atoms with Crippen molar-refractivity contribution in [2.24, 2.45) is 0 Å². The quantitative estimate of drug-likeness (QED) is 0.838. The molecule has 1 saturated heterocycles. The van der Waals surface area contributed by atoms with Crippen molar-refractivity contribution in [3.63, 3.8) is 0 Å². The van der Waals surface area contributed by atoms with Gasteiger partial charge in [-0.3, -0.25) is 0 Å². The van der Waals surface area contributed by atoms with Crippen LogP contribution in [0.4, 0.5) is 5.82 Å². The predicted octanol–water partition coefficient (Wildman–Crippen LogP) is 0.812. The summed E-state index contributed by atoms with van der Waals surface area (Å²) in [6, 6.07) is 5.16. The number of hydrogen-bond acceptors (Lipinski definition) is 7. The number of nitrogens with zero attached hydrogens (tertiary/aromatic N) is 2. The van der Waals surface area contributed by atoms with E-state index < -0.39 is 5.97 Å². The zero-order valence-electron chi connectivity index (χ0n) is 11.6. The van der Waals surface area contributed by atoms with Gasteiger partial charge in [0.2, 0.25) is 5.76 Å². The van der Waals surface area contributed by atoms with Crippen LogP contribution in [0.3, 0.4) is 0 Å². The third-order valence-electron chi connectivity index (χ3n) is 3.41. The number of furan rings is 1. The maximum atomic E-state index is 11.5. The van der Waals surface area contributed by atoms with Crippen molar-refractivity contribution >= 4 is 22.9 Å². The average molecular weight is 292 g/mol. The molecule has 112 valence electrons. The summed E-state index contributed by atoms with van der Waals surface area (Å²) in [7, 11) is 1.30. The number of esters is 1. The summed E-state index contributed by atoms with van der Waals surface area (Å²) in [6.45, 7) is 1.81. The van der Waals surface area contributed by atoms with Gasteiger partial charge in [-0.15, -0.1) is 0 Å². The monoisotopic (exact) mass is 292 g/mol. The summed E-state index contributed by atoms with van der Waals surface area (Å²) in [5.41, 5.74) is 1.13. The highest BCUT2D eigenvalue weighted by Crippen LogP contribution is 2.23. The second kappa shape index (κ2) is 5.71. The second-order valence-electron chi connectivity index (χ2n) is 4.78. The lowest BCUT2D eigenvalue weighted by molar-refractivity contribution is 0.00338. The molecule has 0 saturated carbocycles. The number of ether oxygens (including phenoxy) is 2. The molecule has 2 aromatic rings. The smallest absolute Gasteiger partial charge is 0.374 e. The molecular weight excluding hydrogens is 276 g/mol. The minimum Gasteiger partial charge on any atom is -0.463 e. The van der Waals surface area contributed by atoms with Crippen LogP contribution in [0.2, 0.25) is 0 Å². The Morgan fingerprint density at radius 2 is 2.43 bits per heavy atom. The van der Waals surface area contributed by atoms with Crippen LogP contribution < -0.4 is 4.90 Å². The van der Waals surface area contributed by atoms with Crippen molar-refractivity contribution in [1.29, 1.82) is 0 Å². The molecule has 1 aliphatic rings. The maximum absolute atomic E-state index is 11.5. The summed E-state index contributed by atoms with van der Waals surface area (Å²) in [5.74, 6) is 0.370. The number of aromatic nitrogens is 1. The average Bonchev–Trinajstić information content (AvgIpc) is 2.97. The summed E-state index contributed by atoms with van der Waals surface area (Å²) in [5, 5.41) is 9.18. The Bertz CT molecular complexity index is 654. The van der Waals surface area contributed by atoms with Gasteiger partial charge in [0.05, 0.1) is 26.4 Å². The van der Waals surface area contributed by atoms with Gasteiger partial charge in [0.15, 0.2) is 5.58 Å². The number of pyridine rings is 1. The van der Waals surface area contributed by atoms with Gasteiger partial charge in [0.1, 0.15) is 11.3 Å². The number of hydrogen-bond donors (Lipinski definition) is 1. The number of aliphatic hydroxyl groups is 1. The number of anilines is 1. The first-order chi connectivity index (χ1) is 10.2. The lowest BCUT2D eigenvalue weighted by Gasteiger charge is -2.32. The van der Waals surface area contributed by atoms with E-state index in [1.807, 2.05) is 11.0 Å². The maximum Gasteiger partial charge on any atom is 0.374 e. The topological polar surface area (TPSA) is 85.0 Å². The number of carbonyl (C=O) groups excluding carboxylic acids is 1.